The molecule has 0 amide bonds. The number of unbranched alkanes of at least 4 members (excludes halogenated alkanes) is 3. The molecule has 0 aliphatic rings. The predicted octanol–water partition coefficient (Wildman–Crippen LogP) is 1.72. The number of hydrogen-bond acceptors (Lipinski definition) is 1. The largest absolute Gasteiger partial charge is 0 e. The third kappa shape index (κ3) is 235. The summed E-state index contributed by atoms with van der Waals surface area (Å²) < 4.78 is 45.0. The van der Waals surface area contributed by atoms with Gasteiger partial charge in [0, 0.05) is 40.0 Å². The topological polar surface area (TPSA) is 140 Å². The van der Waals surface area contributed by atoms with Crippen molar-refractivity contribution >= 4 is 0 Å². The van der Waals surface area contributed by atoms with Crippen molar-refractivity contribution in [1.29, 1.82) is 0 Å². The molecule has 0 aromatic rings. The molecule has 0 spiro atoms. The van der Waals surface area contributed by atoms with Gasteiger partial charge in [-0.1, -0.05) is 25.7 Å². The first-order valence-electron chi connectivity index (χ1n) is 5.16. The van der Waals surface area contributed by atoms with Gasteiger partial charge in [0.2, 0.25) is 0 Å². The molecular weight excluding hydrogens is 410 g/mol. The van der Waals surface area contributed by atoms with Crippen LogP contribution in [0.5, 0.6) is 0 Å². The molecule has 1 unspecified atom stereocenters. The van der Waals surface area contributed by atoms with E-state index in [1.165, 1.54) is 12.8 Å². The van der Waals surface area contributed by atoms with Gasteiger partial charge in [-0.3, -0.25) is 0 Å². The summed E-state index contributed by atoms with van der Waals surface area (Å²) in [5, 5.41) is 8.74. The summed E-state index contributed by atoms with van der Waals surface area (Å²) in [6.45, 7) is 30.9. The summed E-state index contributed by atoms with van der Waals surface area (Å²) in [5.41, 5.74) is 0. The quantitative estimate of drug-likeness (QED) is 0.312. The number of aliphatic hydroxyl groups excluding tert-OH is 1. The van der Waals surface area contributed by atoms with E-state index in [0.717, 1.165) is 12.8 Å². The van der Waals surface area contributed by atoms with Crippen LogP contribution in [-0.2, 0) is 61.5 Å². The predicted molar refractivity (Wildman–Crippen MR) is 67.2 cm³/mol. The van der Waals surface area contributed by atoms with Gasteiger partial charge in [-0.05, 0) is 13.3 Å². The average molecular weight is 426 g/mol. The van der Waals surface area contributed by atoms with Gasteiger partial charge in [-0.25, -0.2) is 0 Å². The Balaban J connectivity index is -0.0000000196. The van der Waals surface area contributed by atoms with E-state index < -0.39 is 6.10 Å². The molecular formula is C15H16Co2O7. The summed E-state index contributed by atoms with van der Waals surface area (Å²) in [5.74, 6) is 5.63. The van der Waals surface area contributed by atoms with Crippen molar-refractivity contribution in [2.24, 2.45) is 0 Å². The number of aliphatic hydroxyl groups is 1. The van der Waals surface area contributed by atoms with Gasteiger partial charge in [0.1, 0.15) is 6.10 Å². The summed E-state index contributed by atoms with van der Waals surface area (Å²) in [7, 11) is 0. The zero-order valence-corrected chi connectivity index (χ0v) is 15.1. The Kier molecular flexibility index (Phi) is 360. The standard InChI is InChI=1S/C9H16O.6CO.2Co/c1-3-4-5-6-7-8-9(2)10;6*1-2;;/h9-10H,3-6H2,1-2H3;;;;;;;;. The summed E-state index contributed by atoms with van der Waals surface area (Å²) in [6, 6.07) is 0. The van der Waals surface area contributed by atoms with Crippen molar-refractivity contribution in [2.45, 2.75) is 45.6 Å². The van der Waals surface area contributed by atoms with Gasteiger partial charge >= 0.3 is 67.8 Å². The molecule has 0 heterocycles. The van der Waals surface area contributed by atoms with Crippen LogP contribution in [0.1, 0.15) is 39.5 Å². The third-order valence-corrected chi connectivity index (χ3v) is 1.22. The van der Waals surface area contributed by atoms with Crippen LogP contribution in [-0.4, -0.2) is 11.2 Å². The van der Waals surface area contributed by atoms with E-state index in [-0.39, 0.29) is 33.6 Å². The Morgan fingerprint density at radius 1 is 0.750 bits per heavy atom. The molecule has 1 atom stereocenters. The Morgan fingerprint density at radius 3 is 1.25 bits per heavy atom. The van der Waals surface area contributed by atoms with Crippen molar-refractivity contribution in [3.63, 3.8) is 0 Å². The molecule has 7 nitrogen and oxygen atoms in total. The second kappa shape index (κ2) is 152. The van der Waals surface area contributed by atoms with Gasteiger partial charge in [-0.2, -0.15) is 0 Å². The van der Waals surface area contributed by atoms with Gasteiger partial charge in [-0.15, -0.1) is 5.92 Å². The first-order chi connectivity index (χ1) is 10.8. The van der Waals surface area contributed by atoms with E-state index in [9.17, 15) is 0 Å². The Labute approximate surface area is 164 Å². The number of hydrogen-bond donors (Lipinski definition) is 1. The first kappa shape index (κ1) is 56.8. The molecule has 0 aliphatic heterocycles. The summed E-state index contributed by atoms with van der Waals surface area (Å²) in [6.07, 6.45) is 4.11. The van der Waals surface area contributed by atoms with Gasteiger partial charge in [0.05, 0.1) is 0 Å². The molecule has 0 aliphatic carbocycles. The summed E-state index contributed by atoms with van der Waals surface area (Å²) in [4.78, 5) is 0. The van der Waals surface area contributed by atoms with Gasteiger partial charge < -0.3 is 5.11 Å². The van der Waals surface area contributed by atoms with E-state index in [2.05, 4.69) is 58.7 Å². The normalized spacial score (nSPS) is 5.46. The Bertz CT molecular complexity index is 284. The van der Waals surface area contributed by atoms with Crippen LogP contribution in [0.3, 0.4) is 0 Å². The first-order valence-corrected chi connectivity index (χ1v) is 5.16. The second-order valence-electron chi connectivity index (χ2n) is 2.45. The molecule has 1 N–H and O–H groups in total. The number of rotatable bonds is 3. The molecule has 2 radical (unpaired) electrons. The molecule has 0 rings (SSSR count). The zero-order chi connectivity index (χ0) is 19.8. The van der Waals surface area contributed by atoms with Gasteiger partial charge in [0.25, 0.3) is 0 Å². The average Bonchev–Trinajstić information content (AvgIpc) is 2.65. The Morgan fingerprint density at radius 2 is 1.04 bits per heavy atom. The minimum Gasteiger partial charge on any atom is 0 e. The molecule has 0 bridgehead atoms. The van der Waals surface area contributed by atoms with E-state index in [0.29, 0.717) is 0 Å². The molecule has 0 saturated carbocycles. The maximum Gasteiger partial charge on any atom is 0 e. The van der Waals surface area contributed by atoms with Crippen LogP contribution in [0, 0.1) is 51.7 Å². The van der Waals surface area contributed by atoms with Crippen LogP contribution in [0.4, 0.5) is 0 Å². The Hall–Kier alpha value is -1.03. The van der Waals surface area contributed by atoms with Gasteiger partial charge in [0.15, 0.2) is 0 Å². The monoisotopic (exact) mass is 426 g/mol. The molecule has 0 saturated heterocycles. The fraction of sp³-hybridized carbons (Fsp3) is 0.467. The van der Waals surface area contributed by atoms with Crippen molar-refractivity contribution < 1.29 is 66.6 Å². The SMILES string of the molecule is CCCCCC#CC(C)O.[C-]#[O+].[C-]#[O+].[C-]#[O+].[C-]#[O+].[C-]#[O+].[C-]#[O+].[Co].[Co]. The maximum absolute atomic E-state index is 8.74. The van der Waals surface area contributed by atoms with E-state index in [4.69, 9.17) is 33.0 Å². The molecule has 136 valence electrons. The molecule has 0 aromatic carbocycles. The molecule has 9 heteroatoms. The van der Waals surface area contributed by atoms with E-state index in [1.54, 1.807) is 6.92 Å². The fourth-order valence-electron chi connectivity index (χ4n) is 0.683. The zero-order valence-electron chi connectivity index (χ0n) is 13.0. The van der Waals surface area contributed by atoms with Crippen molar-refractivity contribution in [3.05, 3.63) is 39.9 Å². The minimum absolute atomic E-state index is 0. The molecule has 0 aromatic heterocycles. The van der Waals surface area contributed by atoms with E-state index in [1.807, 2.05) is 0 Å². The second-order valence-corrected chi connectivity index (χ2v) is 2.45. The smallest absolute Gasteiger partial charge is 0 e. The molecule has 24 heavy (non-hydrogen) atoms. The third-order valence-electron chi connectivity index (χ3n) is 1.22. The maximum atomic E-state index is 8.74. The van der Waals surface area contributed by atoms with Crippen LogP contribution < -0.4 is 0 Å². The van der Waals surface area contributed by atoms with Crippen LogP contribution >= 0.6 is 0 Å². The van der Waals surface area contributed by atoms with Crippen LogP contribution in [0.15, 0.2) is 0 Å². The summed E-state index contributed by atoms with van der Waals surface area (Å²) >= 11 is 0. The van der Waals surface area contributed by atoms with Crippen molar-refractivity contribution in [2.75, 3.05) is 0 Å². The van der Waals surface area contributed by atoms with Crippen LogP contribution in [0.2, 0.25) is 0 Å². The van der Waals surface area contributed by atoms with Crippen molar-refractivity contribution in [1.82, 2.24) is 0 Å². The van der Waals surface area contributed by atoms with E-state index >= 15 is 0 Å². The van der Waals surface area contributed by atoms with Crippen LogP contribution in [0.25, 0.3) is 0 Å². The van der Waals surface area contributed by atoms with Crippen molar-refractivity contribution in [3.8, 4) is 11.8 Å². The fourth-order valence-corrected chi connectivity index (χ4v) is 0.683. The minimum atomic E-state index is -0.457. The molecule has 0 fully saturated rings.